The van der Waals surface area contributed by atoms with E-state index in [-0.39, 0.29) is 6.61 Å². The number of anilines is 1. The summed E-state index contributed by atoms with van der Waals surface area (Å²) in [5.41, 5.74) is 1.25. The van der Waals surface area contributed by atoms with Crippen LogP contribution in [0.3, 0.4) is 0 Å². The minimum atomic E-state index is -0.581. The van der Waals surface area contributed by atoms with Gasteiger partial charge in [-0.1, -0.05) is 24.3 Å². The average molecular weight is 372 g/mol. The van der Waals surface area contributed by atoms with Crippen molar-refractivity contribution in [1.29, 1.82) is 0 Å². The van der Waals surface area contributed by atoms with Crippen LogP contribution in [0.4, 0.5) is 5.69 Å². The first-order valence-corrected chi connectivity index (χ1v) is 9.25. The molecule has 0 aliphatic carbocycles. The largest absolute Gasteiger partial charge is 0.493 e. The van der Waals surface area contributed by atoms with Gasteiger partial charge in [-0.2, -0.15) is 0 Å². The highest BCUT2D eigenvalue weighted by Crippen LogP contribution is 2.36. The van der Waals surface area contributed by atoms with Crippen LogP contribution >= 0.6 is 0 Å². The number of aliphatic hydroxyl groups excluding tert-OH is 1. The molecule has 0 unspecified atom stereocenters. The molecule has 1 atom stereocenters. The summed E-state index contributed by atoms with van der Waals surface area (Å²) in [7, 11) is 3.18. The summed E-state index contributed by atoms with van der Waals surface area (Å²) in [4.78, 5) is 4.64. The number of piperazine rings is 1. The van der Waals surface area contributed by atoms with Crippen molar-refractivity contribution in [2.75, 3.05) is 58.5 Å². The number of ether oxygens (including phenoxy) is 3. The number of nitrogens with zero attached hydrogens (tertiary/aromatic N) is 2. The lowest BCUT2D eigenvalue weighted by atomic mass is 10.2. The highest BCUT2D eigenvalue weighted by atomic mass is 16.5. The number of aliphatic hydroxyl groups is 1. The summed E-state index contributed by atoms with van der Waals surface area (Å²) in [5, 5.41) is 10.4. The van der Waals surface area contributed by atoms with Gasteiger partial charge in [0.1, 0.15) is 12.7 Å². The van der Waals surface area contributed by atoms with Crippen LogP contribution in [0.2, 0.25) is 0 Å². The summed E-state index contributed by atoms with van der Waals surface area (Å²) in [5.74, 6) is 1.71. The molecule has 0 radical (unpaired) electrons. The molecule has 6 heteroatoms. The molecule has 0 aromatic heterocycles. The molecular formula is C21H28N2O4. The van der Waals surface area contributed by atoms with Crippen LogP contribution in [0.1, 0.15) is 0 Å². The molecule has 2 aromatic rings. The van der Waals surface area contributed by atoms with E-state index < -0.39 is 6.10 Å². The van der Waals surface area contributed by atoms with E-state index in [1.807, 2.05) is 24.3 Å². The van der Waals surface area contributed by atoms with E-state index in [9.17, 15) is 5.11 Å². The molecule has 2 aromatic carbocycles. The molecular weight excluding hydrogens is 344 g/mol. The van der Waals surface area contributed by atoms with Gasteiger partial charge in [-0.15, -0.1) is 0 Å². The maximum absolute atomic E-state index is 10.4. The van der Waals surface area contributed by atoms with Crippen molar-refractivity contribution in [3.8, 4) is 17.2 Å². The number of benzene rings is 2. The number of β-amino-alcohol motifs (C(OH)–C–C–N with tert-alkyl or cyclic N) is 1. The van der Waals surface area contributed by atoms with Crippen LogP contribution in [0.5, 0.6) is 17.2 Å². The van der Waals surface area contributed by atoms with Crippen LogP contribution in [-0.4, -0.2) is 69.7 Å². The van der Waals surface area contributed by atoms with Crippen LogP contribution in [0.15, 0.2) is 48.5 Å². The third kappa shape index (κ3) is 5.05. The van der Waals surface area contributed by atoms with Crippen LogP contribution < -0.4 is 19.1 Å². The Labute approximate surface area is 160 Å². The zero-order valence-corrected chi connectivity index (χ0v) is 16.0. The van der Waals surface area contributed by atoms with Gasteiger partial charge in [-0.3, -0.25) is 4.90 Å². The first kappa shape index (κ1) is 19.3. The first-order valence-electron chi connectivity index (χ1n) is 9.25. The Bertz CT molecular complexity index is 680. The monoisotopic (exact) mass is 372 g/mol. The third-order valence-electron chi connectivity index (χ3n) is 4.77. The Hall–Kier alpha value is -2.44. The second-order valence-corrected chi connectivity index (χ2v) is 6.58. The fourth-order valence-electron chi connectivity index (χ4n) is 3.32. The van der Waals surface area contributed by atoms with Crippen molar-refractivity contribution in [2.24, 2.45) is 0 Å². The van der Waals surface area contributed by atoms with Crippen molar-refractivity contribution >= 4 is 5.69 Å². The molecule has 1 fully saturated rings. The van der Waals surface area contributed by atoms with E-state index in [1.165, 1.54) is 5.69 Å². The lowest BCUT2D eigenvalue weighted by Crippen LogP contribution is -2.49. The summed E-state index contributed by atoms with van der Waals surface area (Å²) in [6.45, 7) is 4.53. The van der Waals surface area contributed by atoms with E-state index in [2.05, 4.69) is 34.1 Å². The normalized spacial score (nSPS) is 16.0. The number of methoxy groups -OCH3 is 2. The summed E-state index contributed by atoms with van der Waals surface area (Å²) in [6, 6.07) is 15.9. The summed E-state index contributed by atoms with van der Waals surface area (Å²) >= 11 is 0. The molecule has 0 bridgehead atoms. The van der Waals surface area contributed by atoms with Crippen LogP contribution in [-0.2, 0) is 0 Å². The zero-order chi connectivity index (χ0) is 19.1. The molecule has 6 nitrogen and oxygen atoms in total. The number of hydrogen-bond donors (Lipinski definition) is 1. The molecule has 1 N–H and O–H groups in total. The molecule has 0 amide bonds. The van der Waals surface area contributed by atoms with Gasteiger partial charge in [0.2, 0.25) is 5.75 Å². The lowest BCUT2D eigenvalue weighted by Gasteiger charge is -2.36. The summed E-state index contributed by atoms with van der Waals surface area (Å²) in [6.07, 6.45) is -0.581. The zero-order valence-electron chi connectivity index (χ0n) is 16.0. The maximum atomic E-state index is 10.4. The van der Waals surface area contributed by atoms with Gasteiger partial charge >= 0.3 is 0 Å². The molecule has 0 saturated carbocycles. The van der Waals surface area contributed by atoms with Crippen molar-refractivity contribution in [2.45, 2.75) is 6.10 Å². The first-order chi connectivity index (χ1) is 13.2. The van der Waals surface area contributed by atoms with Crippen molar-refractivity contribution in [1.82, 2.24) is 4.90 Å². The van der Waals surface area contributed by atoms with Crippen molar-refractivity contribution in [3.63, 3.8) is 0 Å². The SMILES string of the molecule is COc1cccc(OC)c1OC[C@H](O)CN1CCN(c2ccccc2)CC1. The topological polar surface area (TPSA) is 54.4 Å². The summed E-state index contributed by atoms with van der Waals surface area (Å²) < 4.78 is 16.4. The lowest BCUT2D eigenvalue weighted by molar-refractivity contribution is 0.0643. The average Bonchev–Trinajstić information content (AvgIpc) is 2.73. The van der Waals surface area contributed by atoms with Gasteiger partial charge in [0.15, 0.2) is 11.5 Å². The Morgan fingerprint density at radius 1 is 0.889 bits per heavy atom. The number of para-hydroxylation sites is 2. The fourth-order valence-corrected chi connectivity index (χ4v) is 3.32. The fraction of sp³-hybridized carbons (Fsp3) is 0.429. The highest BCUT2D eigenvalue weighted by Gasteiger charge is 2.20. The van der Waals surface area contributed by atoms with Gasteiger partial charge in [0, 0.05) is 38.4 Å². The molecule has 3 rings (SSSR count). The third-order valence-corrected chi connectivity index (χ3v) is 4.77. The molecule has 0 spiro atoms. The van der Waals surface area contributed by atoms with Crippen molar-refractivity contribution in [3.05, 3.63) is 48.5 Å². The quantitative estimate of drug-likeness (QED) is 0.767. The predicted octanol–water partition coefficient (Wildman–Crippen LogP) is 2.27. The molecule has 1 saturated heterocycles. The Morgan fingerprint density at radius 3 is 2.11 bits per heavy atom. The number of rotatable bonds is 8. The minimum Gasteiger partial charge on any atom is -0.493 e. The van der Waals surface area contributed by atoms with E-state index >= 15 is 0 Å². The van der Waals surface area contributed by atoms with E-state index in [4.69, 9.17) is 14.2 Å². The van der Waals surface area contributed by atoms with Gasteiger partial charge in [-0.25, -0.2) is 0 Å². The molecule has 1 aliphatic heterocycles. The molecule has 1 aliphatic rings. The second kappa shape index (κ2) is 9.48. The smallest absolute Gasteiger partial charge is 0.203 e. The van der Waals surface area contributed by atoms with E-state index in [1.54, 1.807) is 14.2 Å². The standard InChI is InChI=1S/C21H28N2O4/c1-25-19-9-6-10-20(26-2)21(19)27-16-18(24)15-22-11-13-23(14-12-22)17-7-4-3-5-8-17/h3-10,18,24H,11-16H2,1-2H3/t18-/m1/s1. The minimum absolute atomic E-state index is 0.190. The van der Waals surface area contributed by atoms with Gasteiger partial charge in [0.05, 0.1) is 14.2 Å². The molecule has 1 heterocycles. The molecule has 146 valence electrons. The van der Waals surface area contributed by atoms with Crippen LogP contribution in [0, 0.1) is 0 Å². The highest BCUT2D eigenvalue weighted by molar-refractivity contribution is 5.51. The van der Waals surface area contributed by atoms with Gasteiger partial charge in [-0.05, 0) is 24.3 Å². The maximum Gasteiger partial charge on any atom is 0.203 e. The van der Waals surface area contributed by atoms with E-state index in [0.29, 0.717) is 23.8 Å². The van der Waals surface area contributed by atoms with Crippen molar-refractivity contribution < 1.29 is 19.3 Å². The number of hydrogen-bond acceptors (Lipinski definition) is 6. The van der Waals surface area contributed by atoms with Gasteiger partial charge in [0.25, 0.3) is 0 Å². The Kier molecular flexibility index (Phi) is 6.79. The van der Waals surface area contributed by atoms with E-state index in [0.717, 1.165) is 26.2 Å². The van der Waals surface area contributed by atoms with Crippen LogP contribution in [0.25, 0.3) is 0 Å². The second-order valence-electron chi connectivity index (χ2n) is 6.58. The predicted molar refractivity (Wildman–Crippen MR) is 106 cm³/mol. The van der Waals surface area contributed by atoms with Gasteiger partial charge < -0.3 is 24.2 Å². The Morgan fingerprint density at radius 2 is 1.52 bits per heavy atom. The Balaban J connectivity index is 1.47. The molecule has 27 heavy (non-hydrogen) atoms.